The number of fused-ring (bicyclic) bond motifs is 1. The summed E-state index contributed by atoms with van der Waals surface area (Å²) in [5, 5.41) is 3.53. The van der Waals surface area contributed by atoms with Crippen molar-refractivity contribution >= 4 is 5.82 Å². The Bertz CT molecular complexity index is 428. The van der Waals surface area contributed by atoms with Gasteiger partial charge in [0.1, 0.15) is 12.1 Å². The Morgan fingerprint density at radius 3 is 2.89 bits per heavy atom. The van der Waals surface area contributed by atoms with Gasteiger partial charge in [0.2, 0.25) is 0 Å². The van der Waals surface area contributed by atoms with Crippen LogP contribution >= 0.6 is 0 Å². The third kappa shape index (κ3) is 3.06. The molecular weight excluding hydrogens is 236 g/mol. The Balaban J connectivity index is 1.57. The predicted molar refractivity (Wildman–Crippen MR) is 77.4 cm³/mol. The van der Waals surface area contributed by atoms with E-state index in [0.717, 1.165) is 44.3 Å². The largest absolute Gasteiger partial charge is 0.368 e. The fourth-order valence-corrected chi connectivity index (χ4v) is 3.03. The first kappa shape index (κ1) is 12.9. The second-order valence-corrected chi connectivity index (χ2v) is 5.64. The van der Waals surface area contributed by atoms with Crippen LogP contribution in [0.25, 0.3) is 0 Å². The molecule has 0 atom stereocenters. The zero-order chi connectivity index (χ0) is 13.1. The number of likely N-dealkylation sites (N-methyl/N-ethyl adjacent to an activating group) is 1. The maximum absolute atomic E-state index is 4.43. The number of nitrogens with zero attached hydrogens (tertiary/aromatic N) is 3. The smallest absolute Gasteiger partial charge is 0.132 e. The van der Waals surface area contributed by atoms with Gasteiger partial charge in [0.15, 0.2) is 0 Å². The van der Waals surface area contributed by atoms with E-state index in [4.69, 9.17) is 0 Å². The first-order valence-corrected chi connectivity index (χ1v) is 7.69. The molecule has 0 unspecified atom stereocenters. The van der Waals surface area contributed by atoms with Crippen molar-refractivity contribution in [3.63, 3.8) is 0 Å². The van der Waals surface area contributed by atoms with Crippen molar-refractivity contribution in [3.05, 3.63) is 17.6 Å². The van der Waals surface area contributed by atoms with Crippen LogP contribution in [-0.2, 0) is 12.8 Å². The summed E-state index contributed by atoms with van der Waals surface area (Å²) in [5.74, 6) is 1.08. The minimum atomic E-state index is 0.853. The van der Waals surface area contributed by atoms with Crippen molar-refractivity contribution in [1.82, 2.24) is 14.9 Å². The van der Waals surface area contributed by atoms with E-state index in [0.29, 0.717) is 0 Å². The molecule has 0 aliphatic heterocycles. The van der Waals surface area contributed by atoms with Crippen molar-refractivity contribution < 1.29 is 0 Å². The third-order valence-electron chi connectivity index (χ3n) is 4.29. The van der Waals surface area contributed by atoms with Crippen LogP contribution in [0.4, 0.5) is 5.82 Å². The van der Waals surface area contributed by atoms with E-state index in [1.165, 1.54) is 36.9 Å². The number of hydrogen-bond acceptors (Lipinski definition) is 4. The van der Waals surface area contributed by atoms with Crippen molar-refractivity contribution in [2.24, 2.45) is 0 Å². The molecule has 0 saturated heterocycles. The molecule has 0 amide bonds. The molecule has 0 bridgehead atoms. The summed E-state index contributed by atoms with van der Waals surface area (Å²) in [6, 6.07) is 0.853. The first-order valence-electron chi connectivity index (χ1n) is 7.69. The molecule has 4 heteroatoms. The SMILES string of the molecule is CCN(CCNc1ncnc2c1CCCC2)C1CC1. The lowest BCUT2D eigenvalue weighted by Crippen LogP contribution is -2.31. The number of hydrogen-bond donors (Lipinski definition) is 1. The van der Waals surface area contributed by atoms with E-state index in [9.17, 15) is 0 Å². The second-order valence-electron chi connectivity index (χ2n) is 5.64. The van der Waals surface area contributed by atoms with Crippen molar-refractivity contribution in [3.8, 4) is 0 Å². The van der Waals surface area contributed by atoms with Crippen LogP contribution in [0.1, 0.15) is 43.9 Å². The zero-order valence-corrected chi connectivity index (χ0v) is 11.9. The van der Waals surface area contributed by atoms with Gasteiger partial charge >= 0.3 is 0 Å². The molecule has 4 nitrogen and oxygen atoms in total. The molecule has 1 saturated carbocycles. The number of rotatable bonds is 6. The number of aryl methyl sites for hydroxylation is 1. The van der Waals surface area contributed by atoms with Crippen LogP contribution in [0.15, 0.2) is 6.33 Å². The van der Waals surface area contributed by atoms with Crippen LogP contribution in [0.5, 0.6) is 0 Å². The highest BCUT2D eigenvalue weighted by molar-refractivity contribution is 5.46. The fourth-order valence-electron chi connectivity index (χ4n) is 3.03. The molecule has 2 aliphatic carbocycles. The molecular formula is C15H24N4. The normalized spacial score (nSPS) is 18.4. The molecule has 1 N–H and O–H groups in total. The highest BCUT2D eigenvalue weighted by atomic mass is 15.2. The van der Waals surface area contributed by atoms with Gasteiger partial charge in [-0.25, -0.2) is 9.97 Å². The van der Waals surface area contributed by atoms with Crippen LogP contribution in [-0.4, -0.2) is 40.5 Å². The molecule has 104 valence electrons. The van der Waals surface area contributed by atoms with Gasteiger partial charge in [0.25, 0.3) is 0 Å². The third-order valence-corrected chi connectivity index (χ3v) is 4.29. The van der Waals surface area contributed by atoms with E-state index >= 15 is 0 Å². The molecule has 0 spiro atoms. The molecule has 0 radical (unpaired) electrons. The Labute approximate surface area is 115 Å². The van der Waals surface area contributed by atoms with Crippen LogP contribution in [0, 0.1) is 0 Å². The molecule has 2 aliphatic rings. The van der Waals surface area contributed by atoms with Crippen LogP contribution in [0.2, 0.25) is 0 Å². The van der Waals surface area contributed by atoms with E-state index in [1.807, 2.05) is 0 Å². The Morgan fingerprint density at radius 2 is 2.11 bits per heavy atom. The monoisotopic (exact) mass is 260 g/mol. The van der Waals surface area contributed by atoms with Gasteiger partial charge in [-0.05, 0) is 45.1 Å². The standard InChI is InChI=1S/C15H24N4/c1-2-19(12-7-8-12)10-9-16-15-13-5-3-4-6-14(13)17-11-18-15/h11-12H,2-10H2,1H3,(H,16,17,18). The van der Waals surface area contributed by atoms with Crippen molar-refractivity contribution in [2.45, 2.75) is 51.5 Å². The molecule has 1 heterocycles. The number of nitrogens with one attached hydrogen (secondary N) is 1. The predicted octanol–water partition coefficient (Wildman–Crippen LogP) is 2.25. The Morgan fingerprint density at radius 1 is 1.26 bits per heavy atom. The summed E-state index contributed by atoms with van der Waals surface area (Å²) in [6.45, 7) is 5.53. The first-order chi connectivity index (χ1) is 9.38. The summed E-state index contributed by atoms with van der Waals surface area (Å²) in [4.78, 5) is 11.4. The summed E-state index contributed by atoms with van der Waals surface area (Å²) in [7, 11) is 0. The Kier molecular flexibility index (Phi) is 3.97. The van der Waals surface area contributed by atoms with E-state index in [2.05, 4.69) is 27.1 Å². The van der Waals surface area contributed by atoms with E-state index in [1.54, 1.807) is 6.33 Å². The molecule has 1 aromatic rings. The van der Waals surface area contributed by atoms with Crippen molar-refractivity contribution in [1.29, 1.82) is 0 Å². The van der Waals surface area contributed by atoms with E-state index < -0.39 is 0 Å². The minimum Gasteiger partial charge on any atom is -0.368 e. The lowest BCUT2D eigenvalue weighted by molar-refractivity contribution is 0.289. The molecule has 3 rings (SSSR count). The Hall–Kier alpha value is -1.16. The number of aromatic nitrogens is 2. The summed E-state index contributed by atoms with van der Waals surface area (Å²) in [6.07, 6.45) is 9.29. The average molecular weight is 260 g/mol. The minimum absolute atomic E-state index is 0.853. The van der Waals surface area contributed by atoms with Gasteiger partial charge in [0, 0.05) is 30.4 Å². The van der Waals surface area contributed by atoms with Crippen LogP contribution < -0.4 is 5.32 Å². The lowest BCUT2D eigenvalue weighted by atomic mass is 9.96. The van der Waals surface area contributed by atoms with Gasteiger partial charge in [-0.1, -0.05) is 6.92 Å². The molecule has 1 fully saturated rings. The maximum Gasteiger partial charge on any atom is 0.132 e. The second kappa shape index (κ2) is 5.87. The maximum atomic E-state index is 4.43. The highest BCUT2D eigenvalue weighted by Crippen LogP contribution is 2.26. The summed E-state index contributed by atoms with van der Waals surface area (Å²) >= 11 is 0. The van der Waals surface area contributed by atoms with Crippen molar-refractivity contribution in [2.75, 3.05) is 25.0 Å². The summed E-state index contributed by atoms with van der Waals surface area (Å²) in [5.41, 5.74) is 2.63. The topological polar surface area (TPSA) is 41.0 Å². The molecule has 1 aromatic heterocycles. The zero-order valence-electron chi connectivity index (χ0n) is 11.9. The van der Waals surface area contributed by atoms with Gasteiger partial charge < -0.3 is 5.32 Å². The van der Waals surface area contributed by atoms with Gasteiger partial charge in [-0.2, -0.15) is 0 Å². The van der Waals surface area contributed by atoms with Gasteiger partial charge in [-0.3, -0.25) is 4.90 Å². The molecule has 19 heavy (non-hydrogen) atoms. The lowest BCUT2D eigenvalue weighted by Gasteiger charge is -2.22. The van der Waals surface area contributed by atoms with Gasteiger partial charge in [0.05, 0.1) is 0 Å². The van der Waals surface area contributed by atoms with Crippen LogP contribution in [0.3, 0.4) is 0 Å². The average Bonchev–Trinajstić information content (AvgIpc) is 3.28. The quantitative estimate of drug-likeness (QED) is 0.852. The number of anilines is 1. The van der Waals surface area contributed by atoms with Gasteiger partial charge in [-0.15, -0.1) is 0 Å². The van der Waals surface area contributed by atoms with E-state index in [-0.39, 0.29) is 0 Å². The molecule has 0 aromatic carbocycles. The summed E-state index contributed by atoms with van der Waals surface area (Å²) < 4.78 is 0. The fraction of sp³-hybridized carbons (Fsp3) is 0.733. The highest BCUT2D eigenvalue weighted by Gasteiger charge is 2.27.